The maximum absolute atomic E-state index is 14.1. The van der Waals surface area contributed by atoms with Crippen LogP contribution in [0.5, 0.6) is 0 Å². The molecular formula is C30H36BrN5O2S. The van der Waals surface area contributed by atoms with Gasteiger partial charge < -0.3 is 20.1 Å². The zero-order valence-corrected chi connectivity index (χ0v) is 25.2. The molecule has 7 rings (SSSR count). The van der Waals surface area contributed by atoms with Gasteiger partial charge in [0.1, 0.15) is 11.9 Å². The molecule has 7 nitrogen and oxygen atoms in total. The van der Waals surface area contributed by atoms with Gasteiger partial charge in [-0.3, -0.25) is 14.5 Å². The number of rotatable bonds is 4. The van der Waals surface area contributed by atoms with E-state index in [2.05, 4.69) is 82.9 Å². The number of fused-ring (bicyclic) bond motifs is 5. The van der Waals surface area contributed by atoms with Crippen molar-refractivity contribution in [1.82, 2.24) is 25.0 Å². The van der Waals surface area contributed by atoms with Crippen molar-refractivity contribution in [1.29, 1.82) is 0 Å². The van der Waals surface area contributed by atoms with Crippen LogP contribution in [0.15, 0.2) is 41.2 Å². The van der Waals surface area contributed by atoms with E-state index in [-0.39, 0.29) is 41.6 Å². The SMILES string of the molecule is C=C(NC1(C(C)C)SC2C3CCCCN3C(=O)CN2C1=O)C1C=C2c3cccc4[nH]c(Br)c(c34)CC2N(C)C1. The van der Waals surface area contributed by atoms with Gasteiger partial charge in [-0.2, -0.15) is 0 Å². The number of piperazine rings is 1. The Hall–Kier alpha value is -2.23. The van der Waals surface area contributed by atoms with Crippen LogP contribution in [0.4, 0.5) is 0 Å². The Morgan fingerprint density at radius 1 is 1.26 bits per heavy atom. The van der Waals surface area contributed by atoms with E-state index in [1.807, 2.05) is 9.80 Å². The standard InChI is InChI=1S/C30H36BrN5O2S/c1-16(2)30(29(38)36-15-25(37)35-11-6-5-10-23(35)28(36)39-30)33-17(3)18-12-20-19-8-7-9-22-26(19)21(27(31)32-22)13-24(20)34(4)14-18/h7-9,12,16,18,23-24,28,32-33H,3,5-6,10-11,13-15H2,1-2,4H3. The Labute approximate surface area is 242 Å². The molecule has 1 aromatic carbocycles. The Morgan fingerprint density at radius 2 is 2.08 bits per heavy atom. The molecule has 5 heterocycles. The lowest BCUT2D eigenvalue weighted by Gasteiger charge is -2.46. The van der Waals surface area contributed by atoms with Crippen LogP contribution in [-0.4, -0.2) is 80.5 Å². The first-order chi connectivity index (χ1) is 18.7. The minimum atomic E-state index is -0.825. The number of aromatic nitrogens is 1. The summed E-state index contributed by atoms with van der Waals surface area (Å²) >= 11 is 5.47. The van der Waals surface area contributed by atoms with Gasteiger partial charge in [-0.1, -0.05) is 50.4 Å². The summed E-state index contributed by atoms with van der Waals surface area (Å²) in [4.78, 5) is 36.1. The molecular weight excluding hydrogens is 574 g/mol. The summed E-state index contributed by atoms with van der Waals surface area (Å²) in [5, 5.41) is 5.01. The van der Waals surface area contributed by atoms with Crippen LogP contribution in [0.3, 0.4) is 0 Å². The van der Waals surface area contributed by atoms with Crippen LogP contribution in [0.1, 0.15) is 44.2 Å². The topological polar surface area (TPSA) is 71.7 Å². The molecule has 1 aromatic heterocycles. The molecule has 0 saturated carbocycles. The smallest absolute Gasteiger partial charge is 0.260 e. The lowest BCUT2D eigenvalue weighted by atomic mass is 9.79. The third-order valence-corrected chi connectivity index (χ3v) is 12.3. The predicted octanol–water partition coefficient (Wildman–Crippen LogP) is 4.55. The summed E-state index contributed by atoms with van der Waals surface area (Å²) in [6.07, 6.45) is 6.47. The number of nitrogens with one attached hydrogen (secondary N) is 2. The van der Waals surface area contributed by atoms with Crippen LogP contribution in [0, 0.1) is 11.8 Å². The van der Waals surface area contributed by atoms with Crippen molar-refractivity contribution < 1.29 is 9.59 Å². The van der Waals surface area contributed by atoms with E-state index >= 15 is 0 Å². The maximum Gasteiger partial charge on any atom is 0.260 e. The predicted molar refractivity (Wildman–Crippen MR) is 160 cm³/mol. The number of halogens is 1. The van der Waals surface area contributed by atoms with Gasteiger partial charge in [0.25, 0.3) is 5.91 Å². The zero-order valence-electron chi connectivity index (χ0n) is 22.8. The first-order valence-electron chi connectivity index (χ1n) is 14.2. The highest BCUT2D eigenvalue weighted by Crippen LogP contribution is 2.50. The summed E-state index contributed by atoms with van der Waals surface area (Å²) in [6, 6.07) is 6.90. The monoisotopic (exact) mass is 609 g/mol. The Balaban J connectivity index is 1.21. The number of aromatic amines is 1. The molecule has 3 saturated heterocycles. The minimum Gasteiger partial charge on any atom is -0.366 e. The summed E-state index contributed by atoms with van der Waals surface area (Å²) in [7, 11) is 2.20. The molecule has 0 spiro atoms. The van der Waals surface area contributed by atoms with E-state index in [1.165, 1.54) is 22.1 Å². The average Bonchev–Trinajstić information content (AvgIpc) is 3.39. The van der Waals surface area contributed by atoms with Crippen LogP contribution in [-0.2, 0) is 16.0 Å². The van der Waals surface area contributed by atoms with E-state index < -0.39 is 4.87 Å². The molecule has 2 aromatic rings. The highest BCUT2D eigenvalue weighted by Gasteiger charge is 2.60. The number of likely N-dealkylation sites (N-methyl/N-ethyl adjacent to an activating group) is 1. The number of piperidine rings is 1. The molecule has 2 amide bonds. The molecule has 1 aliphatic carbocycles. The van der Waals surface area contributed by atoms with Crippen molar-refractivity contribution in [3.05, 3.63) is 52.3 Å². The van der Waals surface area contributed by atoms with Crippen molar-refractivity contribution in [2.75, 3.05) is 26.7 Å². The van der Waals surface area contributed by atoms with E-state index in [1.54, 1.807) is 11.8 Å². The van der Waals surface area contributed by atoms with Gasteiger partial charge in [0.2, 0.25) is 5.91 Å². The lowest BCUT2D eigenvalue weighted by Crippen LogP contribution is -2.62. The van der Waals surface area contributed by atoms with E-state index in [0.29, 0.717) is 6.04 Å². The summed E-state index contributed by atoms with van der Waals surface area (Å²) < 4.78 is 1.08. The highest BCUT2D eigenvalue weighted by molar-refractivity contribution is 9.10. The third kappa shape index (κ3) is 3.72. The fraction of sp³-hybridized carbons (Fsp3) is 0.533. The largest absolute Gasteiger partial charge is 0.366 e. The van der Waals surface area contributed by atoms with Crippen LogP contribution in [0.2, 0.25) is 0 Å². The average molecular weight is 611 g/mol. The second-order valence-corrected chi connectivity index (χ2v) is 14.3. The summed E-state index contributed by atoms with van der Waals surface area (Å²) in [5.74, 6) is 0.227. The van der Waals surface area contributed by atoms with Gasteiger partial charge in [-0.25, -0.2) is 0 Å². The molecule has 0 bridgehead atoms. The number of hydrogen-bond acceptors (Lipinski definition) is 5. The Kier molecular flexibility index (Phi) is 6.03. The van der Waals surface area contributed by atoms with Crippen LogP contribution < -0.4 is 5.32 Å². The zero-order chi connectivity index (χ0) is 27.2. The number of thioether (sulfide) groups is 1. The molecule has 0 radical (unpaired) electrons. The fourth-order valence-electron chi connectivity index (χ4n) is 7.53. The van der Waals surface area contributed by atoms with Gasteiger partial charge in [0, 0.05) is 41.6 Å². The molecule has 5 unspecified atom stereocenters. The van der Waals surface area contributed by atoms with Crippen molar-refractivity contribution in [3.63, 3.8) is 0 Å². The molecule has 5 aliphatic rings. The van der Waals surface area contributed by atoms with E-state index in [0.717, 1.165) is 54.6 Å². The number of H-pyrrole nitrogens is 1. The van der Waals surface area contributed by atoms with Gasteiger partial charge in [-0.05, 0) is 77.3 Å². The van der Waals surface area contributed by atoms with Gasteiger partial charge >= 0.3 is 0 Å². The number of carbonyl (C=O) groups excluding carboxylic acids is 2. The van der Waals surface area contributed by atoms with Crippen molar-refractivity contribution >= 4 is 56.0 Å². The molecule has 39 heavy (non-hydrogen) atoms. The minimum absolute atomic E-state index is 0.00336. The van der Waals surface area contributed by atoms with Crippen LogP contribution >= 0.6 is 27.7 Å². The molecule has 206 valence electrons. The van der Waals surface area contributed by atoms with Crippen molar-refractivity contribution in [2.45, 2.75) is 61.9 Å². The van der Waals surface area contributed by atoms with Crippen molar-refractivity contribution in [2.24, 2.45) is 11.8 Å². The second-order valence-electron chi connectivity index (χ2n) is 12.2. The Morgan fingerprint density at radius 3 is 2.87 bits per heavy atom. The third-order valence-electron chi connectivity index (χ3n) is 9.64. The maximum atomic E-state index is 14.1. The van der Waals surface area contributed by atoms with E-state index in [4.69, 9.17) is 0 Å². The molecule has 3 fully saturated rings. The first kappa shape index (κ1) is 25.7. The van der Waals surface area contributed by atoms with Gasteiger partial charge in [-0.15, -0.1) is 0 Å². The van der Waals surface area contributed by atoms with Crippen LogP contribution in [0.25, 0.3) is 16.5 Å². The highest BCUT2D eigenvalue weighted by atomic mass is 79.9. The summed E-state index contributed by atoms with van der Waals surface area (Å²) in [5.41, 5.74) is 6.00. The number of amides is 2. The molecule has 2 N–H and O–H groups in total. The number of hydrogen-bond donors (Lipinski definition) is 2. The van der Waals surface area contributed by atoms with Gasteiger partial charge in [0.05, 0.1) is 10.6 Å². The molecule has 9 heteroatoms. The summed E-state index contributed by atoms with van der Waals surface area (Å²) in [6.45, 7) is 10.6. The number of benzene rings is 1. The lowest BCUT2D eigenvalue weighted by molar-refractivity contribution is -0.151. The molecule has 5 atom stereocenters. The fourth-order valence-corrected chi connectivity index (χ4v) is 9.91. The molecule has 4 aliphatic heterocycles. The number of carbonyl (C=O) groups is 2. The first-order valence-corrected chi connectivity index (χ1v) is 15.8. The van der Waals surface area contributed by atoms with Crippen molar-refractivity contribution in [3.8, 4) is 0 Å². The second kappa shape index (κ2) is 9.14. The number of nitrogens with zero attached hydrogens (tertiary/aromatic N) is 3. The van der Waals surface area contributed by atoms with Gasteiger partial charge in [0.15, 0.2) is 4.87 Å². The van der Waals surface area contributed by atoms with E-state index in [9.17, 15) is 9.59 Å². The quantitative estimate of drug-likeness (QED) is 0.532. The normalized spacial score (nSPS) is 32.3. The Bertz CT molecular complexity index is 1430.